The first-order chi connectivity index (χ1) is 13.6. The zero-order valence-electron chi connectivity index (χ0n) is 15.8. The van der Waals surface area contributed by atoms with Crippen LogP contribution in [0.25, 0.3) is 16.9 Å². The summed E-state index contributed by atoms with van der Waals surface area (Å²) in [5.41, 5.74) is 5.68. The van der Waals surface area contributed by atoms with Gasteiger partial charge in [-0.1, -0.05) is 54.6 Å². The van der Waals surface area contributed by atoms with Crippen molar-refractivity contribution >= 4 is 11.7 Å². The van der Waals surface area contributed by atoms with E-state index in [1.165, 1.54) is 6.33 Å². The van der Waals surface area contributed by atoms with E-state index in [1.54, 1.807) is 4.52 Å². The van der Waals surface area contributed by atoms with Gasteiger partial charge in [-0.2, -0.15) is 10.1 Å². The molecule has 140 valence electrons. The van der Waals surface area contributed by atoms with Crippen LogP contribution in [-0.4, -0.2) is 25.6 Å². The van der Waals surface area contributed by atoms with Crippen molar-refractivity contribution in [2.45, 2.75) is 26.9 Å². The lowest BCUT2D eigenvalue weighted by Gasteiger charge is -2.10. The number of nitrogens with zero attached hydrogens (tertiary/aromatic N) is 4. The number of hydrogen-bond donors (Lipinski definition) is 0. The van der Waals surface area contributed by atoms with E-state index in [4.69, 9.17) is 4.74 Å². The summed E-state index contributed by atoms with van der Waals surface area (Å²) in [6.07, 6.45) is 1.61. The number of aryl methyl sites for hydroxylation is 2. The molecule has 4 rings (SSSR count). The van der Waals surface area contributed by atoms with Crippen LogP contribution in [0.1, 0.15) is 22.5 Å². The van der Waals surface area contributed by atoms with Crippen LogP contribution < -0.4 is 0 Å². The molecule has 0 aliphatic rings. The van der Waals surface area contributed by atoms with Gasteiger partial charge in [-0.15, -0.1) is 0 Å². The highest BCUT2D eigenvalue weighted by Gasteiger charge is 2.15. The van der Waals surface area contributed by atoms with Crippen molar-refractivity contribution in [2.24, 2.45) is 0 Å². The van der Waals surface area contributed by atoms with Gasteiger partial charge in [0, 0.05) is 17.0 Å². The molecule has 0 aliphatic heterocycles. The van der Waals surface area contributed by atoms with Crippen LogP contribution >= 0.6 is 0 Å². The number of carbonyl (C=O) groups excluding carboxylic acids is 1. The third kappa shape index (κ3) is 3.62. The lowest BCUT2D eigenvalue weighted by molar-refractivity contribution is -0.144. The topological polar surface area (TPSA) is 69.4 Å². The molecule has 0 saturated heterocycles. The van der Waals surface area contributed by atoms with Gasteiger partial charge in [-0.3, -0.25) is 4.79 Å². The van der Waals surface area contributed by atoms with Crippen LogP contribution in [0.3, 0.4) is 0 Å². The lowest BCUT2D eigenvalue weighted by Crippen LogP contribution is -2.13. The van der Waals surface area contributed by atoms with Gasteiger partial charge in [-0.25, -0.2) is 9.50 Å². The van der Waals surface area contributed by atoms with Gasteiger partial charge in [0.1, 0.15) is 12.9 Å². The Kier molecular flexibility index (Phi) is 4.85. The van der Waals surface area contributed by atoms with Crippen LogP contribution in [0.5, 0.6) is 0 Å². The van der Waals surface area contributed by atoms with Gasteiger partial charge >= 0.3 is 5.97 Å². The smallest absolute Gasteiger partial charge is 0.310 e. The minimum Gasteiger partial charge on any atom is -0.461 e. The Morgan fingerprint density at radius 1 is 1.00 bits per heavy atom. The SMILES string of the molecule is Cc1nc2ncnn2c(C)c1CC(=O)OCc1ccc(-c2ccccc2)cc1. The number of rotatable bonds is 5. The third-order valence-corrected chi connectivity index (χ3v) is 4.77. The molecule has 0 fully saturated rings. The molecule has 2 aromatic carbocycles. The summed E-state index contributed by atoms with van der Waals surface area (Å²) in [5, 5.41) is 4.15. The Balaban J connectivity index is 1.41. The van der Waals surface area contributed by atoms with Gasteiger partial charge in [0.15, 0.2) is 0 Å². The minimum absolute atomic E-state index is 0.155. The number of esters is 1. The summed E-state index contributed by atoms with van der Waals surface area (Å²) in [5.74, 6) is 0.241. The molecule has 0 amide bonds. The second-order valence-corrected chi connectivity index (χ2v) is 6.63. The quantitative estimate of drug-likeness (QED) is 0.500. The zero-order valence-corrected chi connectivity index (χ0v) is 15.8. The monoisotopic (exact) mass is 372 g/mol. The number of aromatic nitrogens is 4. The fraction of sp³-hybridized carbons (Fsp3) is 0.182. The first-order valence-corrected chi connectivity index (χ1v) is 9.07. The molecule has 28 heavy (non-hydrogen) atoms. The van der Waals surface area contributed by atoms with E-state index in [1.807, 2.05) is 56.3 Å². The average Bonchev–Trinajstić information content (AvgIpc) is 3.19. The van der Waals surface area contributed by atoms with Crippen LogP contribution in [0.15, 0.2) is 60.9 Å². The fourth-order valence-corrected chi connectivity index (χ4v) is 3.19. The predicted octanol–water partition coefficient (Wildman–Crippen LogP) is 3.69. The molecule has 0 radical (unpaired) electrons. The van der Waals surface area contributed by atoms with Gasteiger partial charge < -0.3 is 4.74 Å². The molecular formula is C22H20N4O2. The number of carbonyl (C=O) groups is 1. The maximum Gasteiger partial charge on any atom is 0.310 e. The Hall–Kier alpha value is -3.54. The Bertz CT molecular complexity index is 1120. The highest BCUT2D eigenvalue weighted by atomic mass is 16.5. The molecule has 2 heterocycles. The van der Waals surface area contributed by atoms with E-state index >= 15 is 0 Å². The molecule has 0 unspecified atom stereocenters. The van der Waals surface area contributed by atoms with E-state index in [9.17, 15) is 4.79 Å². The molecule has 0 atom stereocenters. The lowest BCUT2D eigenvalue weighted by atomic mass is 10.0. The molecule has 4 aromatic rings. The van der Waals surface area contributed by atoms with E-state index in [0.29, 0.717) is 5.78 Å². The average molecular weight is 372 g/mol. The van der Waals surface area contributed by atoms with E-state index < -0.39 is 0 Å². The van der Waals surface area contributed by atoms with Crippen molar-refractivity contribution in [3.8, 4) is 11.1 Å². The van der Waals surface area contributed by atoms with Crippen molar-refractivity contribution in [2.75, 3.05) is 0 Å². The molecule has 0 N–H and O–H groups in total. The second-order valence-electron chi connectivity index (χ2n) is 6.63. The minimum atomic E-state index is -0.292. The third-order valence-electron chi connectivity index (χ3n) is 4.77. The fourth-order valence-electron chi connectivity index (χ4n) is 3.19. The van der Waals surface area contributed by atoms with Gasteiger partial charge in [-0.05, 0) is 30.5 Å². The number of fused-ring (bicyclic) bond motifs is 1. The molecule has 6 nitrogen and oxygen atoms in total. The van der Waals surface area contributed by atoms with Crippen molar-refractivity contribution in [3.05, 3.63) is 83.4 Å². The van der Waals surface area contributed by atoms with Gasteiger partial charge in [0.2, 0.25) is 0 Å². The van der Waals surface area contributed by atoms with Crippen LogP contribution in [0, 0.1) is 13.8 Å². The predicted molar refractivity (Wildman–Crippen MR) is 106 cm³/mol. The zero-order chi connectivity index (χ0) is 19.5. The molecule has 0 aliphatic carbocycles. The number of benzene rings is 2. The van der Waals surface area contributed by atoms with Crippen molar-refractivity contribution in [1.82, 2.24) is 19.6 Å². The van der Waals surface area contributed by atoms with Crippen molar-refractivity contribution < 1.29 is 9.53 Å². The summed E-state index contributed by atoms with van der Waals surface area (Å²) in [6.45, 7) is 4.01. The highest BCUT2D eigenvalue weighted by Crippen LogP contribution is 2.20. The Labute approximate surface area is 162 Å². The van der Waals surface area contributed by atoms with Crippen molar-refractivity contribution in [3.63, 3.8) is 0 Å². The van der Waals surface area contributed by atoms with Crippen LogP contribution in [0.4, 0.5) is 0 Å². The van der Waals surface area contributed by atoms with E-state index in [-0.39, 0.29) is 19.0 Å². The van der Waals surface area contributed by atoms with E-state index in [0.717, 1.165) is 33.6 Å². The maximum atomic E-state index is 12.4. The number of ether oxygens (including phenoxy) is 1. The maximum absolute atomic E-state index is 12.4. The summed E-state index contributed by atoms with van der Waals surface area (Å²) >= 11 is 0. The molecule has 0 bridgehead atoms. The second kappa shape index (κ2) is 7.60. The standard InChI is InChI=1S/C22H20N4O2/c1-15-20(16(2)26-22(25-15)23-14-24-26)12-21(27)28-13-17-8-10-19(11-9-17)18-6-4-3-5-7-18/h3-11,14H,12-13H2,1-2H3. The van der Waals surface area contributed by atoms with E-state index in [2.05, 4.69) is 27.2 Å². The molecular weight excluding hydrogens is 352 g/mol. The normalized spacial score (nSPS) is 10.9. The summed E-state index contributed by atoms with van der Waals surface area (Å²) in [7, 11) is 0. The Morgan fingerprint density at radius 2 is 1.71 bits per heavy atom. The number of hydrogen-bond acceptors (Lipinski definition) is 5. The molecule has 2 aromatic heterocycles. The molecule has 0 spiro atoms. The molecule has 0 saturated carbocycles. The largest absolute Gasteiger partial charge is 0.461 e. The Morgan fingerprint density at radius 3 is 2.46 bits per heavy atom. The van der Waals surface area contributed by atoms with Crippen LogP contribution in [-0.2, 0) is 22.6 Å². The highest BCUT2D eigenvalue weighted by molar-refractivity contribution is 5.73. The molecule has 6 heteroatoms. The van der Waals surface area contributed by atoms with Crippen molar-refractivity contribution in [1.29, 1.82) is 0 Å². The summed E-state index contributed by atoms with van der Waals surface area (Å²) in [6, 6.07) is 18.2. The van der Waals surface area contributed by atoms with Gasteiger partial charge in [0.05, 0.1) is 6.42 Å². The van der Waals surface area contributed by atoms with Gasteiger partial charge in [0.25, 0.3) is 5.78 Å². The summed E-state index contributed by atoms with van der Waals surface area (Å²) in [4.78, 5) is 20.8. The van der Waals surface area contributed by atoms with Crippen LogP contribution in [0.2, 0.25) is 0 Å². The first kappa shape index (κ1) is 17.9. The first-order valence-electron chi connectivity index (χ1n) is 9.07. The summed E-state index contributed by atoms with van der Waals surface area (Å²) < 4.78 is 7.11.